The Balaban J connectivity index is 0.000000593. The topological polar surface area (TPSA) is 201 Å². The number of halogens is 8. The summed E-state index contributed by atoms with van der Waals surface area (Å²) in [5.41, 5.74) is 7.81. The molecule has 0 amide bonds. The second-order valence-electron chi connectivity index (χ2n) is 5.81. The molecule has 0 atom stereocenters. The molecule has 2 aromatic carbocycles. The van der Waals surface area contributed by atoms with Crippen molar-refractivity contribution >= 4 is 134 Å². The monoisotopic (exact) mass is 840 g/mol. The maximum absolute atomic E-state index is 11.0. The first-order valence-corrected chi connectivity index (χ1v) is 13.2. The SMILES string of the molecule is NCCN.O=C(O)c1c(Br)c(Br)c(Br)c(Br)c1C(=O)O.O=C(O)c1c(Cl)c(Cl)c(Cl)c(Cl)c1C(=O)O. The van der Waals surface area contributed by atoms with Gasteiger partial charge in [-0.05, 0) is 63.7 Å². The number of rotatable bonds is 5. The quantitative estimate of drug-likeness (QED) is 0.138. The maximum Gasteiger partial charge on any atom is 0.338 e. The summed E-state index contributed by atoms with van der Waals surface area (Å²) in [6.45, 7) is 1.19. The largest absolute Gasteiger partial charge is 0.478 e. The minimum Gasteiger partial charge on any atom is -0.478 e. The Hall–Kier alpha value is -0.680. The molecular weight excluding hydrogens is 834 g/mol. The van der Waals surface area contributed by atoms with Gasteiger partial charge in [0.1, 0.15) is 0 Å². The van der Waals surface area contributed by atoms with Crippen LogP contribution in [0.25, 0.3) is 0 Å². The van der Waals surface area contributed by atoms with Gasteiger partial charge in [0.2, 0.25) is 0 Å². The molecule has 0 radical (unpaired) electrons. The molecule has 0 bridgehead atoms. The summed E-state index contributed by atoms with van der Waals surface area (Å²) in [5.74, 6) is -5.75. The molecule has 0 saturated heterocycles. The van der Waals surface area contributed by atoms with Crippen molar-refractivity contribution in [2.45, 2.75) is 0 Å². The summed E-state index contributed by atoms with van der Waals surface area (Å²) in [4.78, 5) is 43.7. The van der Waals surface area contributed by atoms with Gasteiger partial charge in [0, 0.05) is 31.0 Å². The van der Waals surface area contributed by atoms with Crippen molar-refractivity contribution in [1.29, 1.82) is 0 Å². The average molecular weight is 846 g/mol. The first kappa shape index (κ1) is 35.3. The van der Waals surface area contributed by atoms with Gasteiger partial charge in [-0.25, -0.2) is 19.2 Å². The highest BCUT2D eigenvalue weighted by Gasteiger charge is 2.29. The normalized spacial score (nSPS) is 9.94. The van der Waals surface area contributed by atoms with Gasteiger partial charge in [-0.3, -0.25) is 0 Å². The van der Waals surface area contributed by atoms with Gasteiger partial charge in [-0.1, -0.05) is 46.4 Å². The molecule has 0 aromatic heterocycles. The van der Waals surface area contributed by atoms with Crippen molar-refractivity contribution in [3.63, 3.8) is 0 Å². The van der Waals surface area contributed by atoms with Gasteiger partial charge in [-0.15, -0.1) is 0 Å². The molecule has 0 aliphatic heterocycles. The van der Waals surface area contributed by atoms with Crippen molar-refractivity contribution in [3.8, 4) is 0 Å². The van der Waals surface area contributed by atoms with Gasteiger partial charge in [0.25, 0.3) is 0 Å². The molecule has 0 aliphatic rings. The zero-order chi connectivity index (χ0) is 28.7. The molecule has 0 aliphatic carbocycles. The number of hydrogen-bond acceptors (Lipinski definition) is 6. The number of carboxylic acid groups (broad SMARTS) is 4. The Morgan fingerprint density at radius 1 is 0.500 bits per heavy atom. The summed E-state index contributed by atoms with van der Waals surface area (Å²) in [6.07, 6.45) is 0. The van der Waals surface area contributed by atoms with Gasteiger partial charge in [0.05, 0.1) is 42.3 Å². The van der Waals surface area contributed by atoms with E-state index in [1.807, 2.05) is 0 Å². The van der Waals surface area contributed by atoms with Crippen molar-refractivity contribution < 1.29 is 39.6 Å². The standard InChI is InChI=1S/C8H2Br4O4.C8H2Cl4O4.C2H8N2/c2*9-3-1(7(13)14)2(8(15)16)4(10)6(12)5(3)11;3-1-2-4/h2*(H,13,14)(H,15,16);1-4H2. The van der Waals surface area contributed by atoms with Crippen molar-refractivity contribution in [3.05, 3.63) is 60.2 Å². The molecule has 18 heteroatoms. The van der Waals surface area contributed by atoms with E-state index in [0.717, 1.165) is 0 Å². The molecule has 0 unspecified atom stereocenters. The van der Waals surface area contributed by atoms with Crippen LogP contribution in [0.1, 0.15) is 41.4 Å². The third-order valence-electron chi connectivity index (χ3n) is 3.56. The highest BCUT2D eigenvalue weighted by Crippen LogP contribution is 2.43. The van der Waals surface area contributed by atoms with Crippen LogP contribution in [0.5, 0.6) is 0 Å². The highest BCUT2D eigenvalue weighted by atomic mass is 79.9. The van der Waals surface area contributed by atoms with E-state index in [1.54, 1.807) is 0 Å². The van der Waals surface area contributed by atoms with Crippen LogP contribution in [0, 0.1) is 0 Å². The van der Waals surface area contributed by atoms with Crippen LogP contribution in [0.3, 0.4) is 0 Å². The maximum atomic E-state index is 11.0. The fraction of sp³-hybridized carbons (Fsp3) is 0.111. The Bertz CT molecular complexity index is 1050. The van der Waals surface area contributed by atoms with Crippen molar-refractivity contribution in [2.75, 3.05) is 13.1 Å². The minimum atomic E-state index is -1.55. The van der Waals surface area contributed by atoms with Crippen LogP contribution in [-0.2, 0) is 0 Å². The Kier molecular flexibility index (Phi) is 15.4. The first-order chi connectivity index (χ1) is 16.5. The minimum absolute atomic E-state index is 0.174. The number of carboxylic acids is 4. The van der Waals surface area contributed by atoms with Crippen LogP contribution in [0.4, 0.5) is 0 Å². The van der Waals surface area contributed by atoms with E-state index < -0.39 is 45.0 Å². The molecule has 2 rings (SSSR count). The average Bonchev–Trinajstić information content (AvgIpc) is 2.80. The number of hydrogen-bond donors (Lipinski definition) is 6. The zero-order valence-corrected chi connectivity index (χ0v) is 26.4. The summed E-state index contributed by atoms with van der Waals surface area (Å²) in [6, 6.07) is 0. The van der Waals surface area contributed by atoms with Gasteiger partial charge in [0.15, 0.2) is 0 Å². The molecule has 10 nitrogen and oxygen atoms in total. The van der Waals surface area contributed by atoms with E-state index >= 15 is 0 Å². The van der Waals surface area contributed by atoms with Gasteiger partial charge in [-0.2, -0.15) is 0 Å². The molecule has 0 saturated carbocycles. The number of nitrogens with two attached hydrogens (primary N) is 2. The lowest BCUT2D eigenvalue weighted by Gasteiger charge is -2.11. The third kappa shape index (κ3) is 8.41. The Morgan fingerprint density at radius 2 is 0.722 bits per heavy atom. The number of benzene rings is 2. The van der Waals surface area contributed by atoms with E-state index in [0.29, 0.717) is 22.0 Å². The lowest BCUT2D eigenvalue weighted by molar-refractivity contribution is 0.0649. The van der Waals surface area contributed by atoms with E-state index in [4.69, 9.17) is 78.3 Å². The molecule has 0 heterocycles. The summed E-state index contributed by atoms with van der Waals surface area (Å²) in [7, 11) is 0. The number of aromatic carboxylic acids is 4. The first-order valence-electron chi connectivity index (χ1n) is 8.54. The molecule has 198 valence electrons. The van der Waals surface area contributed by atoms with Crippen LogP contribution >= 0.6 is 110 Å². The van der Waals surface area contributed by atoms with Crippen LogP contribution in [0.15, 0.2) is 17.9 Å². The Morgan fingerprint density at radius 3 is 0.889 bits per heavy atom. The summed E-state index contributed by atoms with van der Waals surface area (Å²) >= 11 is 34.8. The van der Waals surface area contributed by atoms with Crippen LogP contribution < -0.4 is 11.5 Å². The van der Waals surface area contributed by atoms with Crippen LogP contribution in [0.2, 0.25) is 20.1 Å². The summed E-state index contributed by atoms with van der Waals surface area (Å²) < 4.78 is 1.21. The second-order valence-corrected chi connectivity index (χ2v) is 10.5. The predicted molar refractivity (Wildman–Crippen MR) is 150 cm³/mol. The molecule has 0 fully saturated rings. The van der Waals surface area contributed by atoms with E-state index in [1.165, 1.54) is 0 Å². The Labute approximate surface area is 256 Å². The van der Waals surface area contributed by atoms with Crippen molar-refractivity contribution in [1.82, 2.24) is 0 Å². The third-order valence-corrected chi connectivity index (χ3v) is 10.1. The summed E-state index contributed by atoms with van der Waals surface area (Å²) in [5, 5.41) is 34.1. The van der Waals surface area contributed by atoms with E-state index in [9.17, 15) is 19.2 Å². The van der Waals surface area contributed by atoms with Gasteiger partial charge < -0.3 is 31.9 Å². The molecule has 0 spiro atoms. The molecule has 8 N–H and O–H groups in total. The fourth-order valence-electron chi connectivity index (χ4n) is 2.07. The lowest BCUT2D eigenvalue weighted by atomic mass is 10.1. The molecule has 2 aromatic rings. The fourth-order valence-corrected chi connectivity index (χ4v) is 5.54. The zero-order valence-electron chi connectivity index (χ0n) is 17.0. The number of carbonyl (C=O) groups is 4. The second kappa shape index (κ2) is 15.7. The molecule has 36 heavy (non-hydrogen) atoms. The smallest absolute Gasteiger partial charge is 0.338 e. The lowest BCUT2D eigenvalue weighted by Crippen LogP contribution is -2.11. The molecular formula is C18H12Br4Cl4N2O8. The highest BCUT2D eigenvalue weighted by molar-refractivity contribution is 9.15. The van der Waals surface area contributed by atoms with Gasteiger partial charge >= 0.3 is 23.9 Å². The van der Waals surface area contributed by atoms with Crippen molar-refractivity contribution in [2.24, 2.45) is 11.5 Å². The van der Waals surface area contributed by atoms with E-state index in [-0.39, 0.29) is 30.1 Å². The predicted octanol–water partition coefficient (Wildman–Crippen LogP) is 6.73. The van der Waals surface area contributed by atoms with E-state index in [2.05, 4.69) is 63.7 Å². The van der Waals surface area contributed by atoms with Crippen LogP contribution in [-0.4, -0.2) is 57.4 Å².